The molecule has 0 spiro atoms. The first-order chi connectivity index (χ1) is 12.4. The Morgan fingerprint density at radius 3 is 2.38 bits per heavy atom. The number of piperazine rings is 1. The molecule has 0 bridgehead atoms. The minimum absolute atomic E-state index is 0.0634. The zero-order valence-electron chi connectivity index (χ0n) is 14.2. The lowest BCUT2D eigenvalue weighted by Crippen LogP contribution is -2.49. The molecule has 26 heavy (non-hydrogen) atoms. The van der Waals surface area contributed by atoms with Crippen LogP contribution >= 0.6 is 15.9 Å². The summed E-state index contributed by atoms with van der Waals surface area (Å²) in [4.78, 5) is 27.4. The zero-order valence-corrected chi connectivity index (χ0v) is 15.8. The third-order valence-electron chi connectivity index (χ3n) is 4.45. The maximum absolute atomic E-state index is 14.3. The molecular formula is C19H18BrFN2O3. The van der Waals surface area contributed by atoms with Gasteiger partial charge in [0.25, 0.3) is 5.91 Å². The highest BCUT2D eigenvalue weighted by Gasteiger charge is 2.25. The van der Waals surface area contributed by atoms with Gasteiger partial charge in [-0.25, -0.2) is 4.39 Å². The van der Waals surface area contributed by atoms with Gasteiger partial charge in [0.2, 0.25) is 0 Å². The second-order valence-electron chi connectivity index (χ2n) is 6.16. The van der Waals surface area contributed by atoms with E-state index in [9.17, 15) is 19.1 Å². The van der Waals surface area contributed by atoms with Gasteiger partial charge < -0.3 is 14.9 Å². The highest BCUT2D eigenvalue weighted by Crippen LogP contribution is 2.26. The summed E-state index contributed by atoms with van der Waals surface area (Å²) in [6.45, 7) is 3.17. The van der Waals surface area contributed by atoms with E-state index in [1.807, 2.05) is 4.90 Å². The second kappa shape index (κ2) is 7.45. The monoisotopic (exact) mass is 420 g/mol. The number of amides is 1. The number of Topliss-reactive ketones (excluding diaryl/α,β-unsaturated/α-hetero) is 1. The number of benzene rings is 2. The molecule has 0 saturated carbocycles. The van der Waals surface area contributed by atoms with Gasteiger partial charge in [-0.05, 0) is 43.3 Å². The average Bonchev–Trinajstić information content (AvgIpc) is 2.63. The molecule has 1 saturated heterocycles. The molecule has 2 aromatic rings. The third-order valence-corrected chi connectivity index (χ3v) is 4.94. The molecular weight excluding hydrogens is 403 g/mol. The first-order valence-electron chi connectivity index (χ1n) is 8.20. The molecule has 3 rings (SSSR count). The minimum Gasteiger partial charge on any atom is -0.507 e. The molecule has 2 aromatic carbocycles. The Hall–Kier alpha value is -2.41. The van der Waals surface area contributed by atoms with E-state index >= 15 is 0 Å². The predicted molar refractivity (Wildman–Crippen MR) is 100 cm³/mol. The molecule has 0 unspecified atom stereocenters. The van der Waals surface area contributed by atoms with Crippen molar-refractivity contribution in [2.75, 3.05) is 31.1 Å². The molecule has 0 atom stereocenters. The smallest absolute Gasteiger partial charge is 0.257 e. The van der Waals surface area contributed by atoms with Gasteiger partial charge in [0, 0.05) is 36.2 Å². The largest absolute Gasteiger partial charge is 0.507 e. The van der Waals surface area contributed by atoms with Crippen molar-refractivity contribution in [1.82, 2.24) is 4.90 Å². The van der Waals surface area contributed by atoms with Crippen LogP contribution in [0.25, 0.3) is 0 Å². The van der Waals surface area contributed by atoms with E-state index in [0.29, 0.717) is 41.9 Å². The Morgan fingerprint density at radius 2 is 1.77 bits per heavy atom. The molecule has 136 valence electrons. The molecule has 1 aliphatic rings. The number of ketones is 1. The molecule has 1 aliphatic heterocycles. The van der Waals surface area contributed by atoms with E-state index in [1.165, 1.54) is 19.1 Å². The molecule has 1 heterocycles. The Bertz CT molecular complexity index is 864. The topological polar surface area (TPSA) is 60.9 Å². The summed E-state index contributed by atoms with van der Waals surface area (Å²) < 4.78 is 15.0. The summed E-state index contributed by atoms with van der Waals surface area (Å²) in [5.74, 6) is -0.941. The third kappa shape index (κ3) is 3.72. The molecule has 0 radical (unpaired) electrons. The fourth-order valence-corrected chi connectivity index (χ4v) is 3.34. The minimum atomic E-state index is -0.442. The summed E-state index contributed by atoms with van der Waals surface area (Å²) in [6.07, 6.45) is 0. The van der Waals surface area contributed by atoms with Crippen LogP contribution in [-0.4, -0.2) is 47.9 Å². The van der Waals surface area contributed by atoms with Gasteiger partial charge in [0.1, 0.15) is 11.6 Å². The Kier molecular flexibility index (Phi) is 5.27. The van der Waals surface area contributed by atoms with Gasteiger partial charge in [-0.15, -0.1) is 0 Å². The first kappa shape index (κ1) is 18.4. The number of carbonyl (C=O) groups is 2. The van der Waals surface area contributed by atoms with E-state index in [4.69, 9.17) is 0 Å². The summed E-state index contributed by atoms with van der Waals surface area (Å²) in [7, 11) is 0. The molecule has 1 amide bonds. The Balaban J connectivity index is 1.70. The maximum Gasteiger partial charge on any atom is 0.257 e. The fraction of sp³-hybridized carbons (Fsp3) is 0.263. The number of anilines is 1. The molecule has 0 aromatic heterocycles. The lowest BCUT2D eigenvalue weighted by Gasteiger charge is -2.36. The average molecular weight is 421 g/mol. The number of hydrogen-bond donors (Lipinski definition) is 1. The number of phenolic OH excluding ortho intramolecular Hbond substituents is 1. The lowest BCUT2D eigenvalue weighted by atomic mass is 10.1. The van der Waals surface area contributed by atoms with E-state index in [-0.39, 0.29) is 23.0 Å². The molecule has 1 fully saturated rings. The normalized spacial score (nSPS) is 14.4. The van der Waals surface area contributed by atoms with E-state index in [0.717, 1.165) is 0 Å². The van der Waals surface area contributed by atoms with Crippen LogP contribution in [0, 0.1) is 5.82 Å². The fourth-order valence-electron chi connectivity index (χ4n) is 2.98. The van der Waals surface area contributed by atoms with Crippen molar-refractivity contribution < 1.29 is 19.1 Å². The summed E-state index contributed by atoms with van der Waals surface area (Å²) in [6, 6.07) is 9.18. The van der Waals surface area contributed by atoms with Crippen LogP contribution in [0.5, 0.6) is 5.75 Å². The number of hydrogen-bond acceptors (Lipinski definition) is 4. The van der Waals surface area contributed by atoms with Crippen molar-refractivity contribution in [2.45, 2.75) is 6.92 Å². The van der Waals surface area contributed by atoms with Crippen LogP contribution in [0.1, 0.15) is 27.6 Å². The van der Waals surface area contributed by atoms with Gasteiger partial charge >= 0.3 is 0 Å². The number of aromatic hydroxyl groups is 1. The van der Waals surface area contributed by atoms with Crippen molar-refractivity contribution >= 4 is 33.3 Å². The quantitative estimate of drug-likeness (QED) is 0.772. The SMILES string of the molecule is CC(=O)c1ccc(N2CCN(C(=O)c3cc(Br)ccc3O)CC2)c(F)c1. The maximum atomic E-state index is 14.3. The highest BCUT2D eigenvalue weighted by atomic mass is 79.9. The van der Waals surface area contributed by atoms with E-state index in [1.54, 1.807) is 29.2 Å². The van der Waals surface area contributed by atoms with Crippen molar-refractivity contribution in [3.05, 3.63) is 57.8 Å². The van der Waals surface area contributed by atoms with Crippen LogP contribution < -0.4 is 4.90 Å². The number of nitrogens with zero attached hydrogens (tertiary/aromatic N) is 2. The van der Waals surface area contributed by atoms with Gasteiger partial charge in [-0.2, -0.15) is 0 Å². The standard InChI is InChI=1S/C19H18BrFN2O3/c1-12(24)13-2-4-17(16(21)10-13)22-6-8-23(9-7-22)19(26)15-11-14(20)3-5-18(15)25/h2-5,10-11,25H,6-9H2,1H3. The second-order valence-corrected chi connectivity index (χ2v) is 7.08. The summed E-state index contributed by atoms with van der Waals surface area (Å²) >= 11 is 3.30. The van der Waals surface area contributed by atoms with Crippen molar-refractivity contribution in [3.63, 3.8) is 0 Å². The van der Waals surface area contributed by atoms with Crippen LogP contribution in [0.2, 0.25) is 0 Å². The van der Waals surface area contributed by atoms with Gasteiger partial charge in [-0.1, -0.05) is 15.9 Å². The van der Waals surface area contributed by atoms with Gasteiger partial charge in [0.15, 0.2) is 5.78 Å². The van der Waals surface area contributed by atoms with Crippen molar-refractivity contribution in [1.29, 1.82) is 0 Å². The predicted octanol–water partition coefficient (Wildman–Crippen LogP) is 3.46. The molecule has 0 aliphatic carbocycles. The zero-order chi connectivity index (χ0) is 18.8. The van der Waals surface area contributed by atoms with E-state index in [2.05, 4.69) is 15.9 Å². The molecule has 7 heteroatoms. The summed E-state index contributed by atoms with van der Waals surface area (Å²) in [5, 5.41) is 9.92. The summed E-state index contributed by atoms with van der Waals surface area (Å²) in [5.41, 5.74) is 1.00. The first-order valence-corrected chi connectivity index (χ1v) is 8.99. The Morgan fingerprint density at radius 1 is 1.08 bits per heavy atom. The van der Waals surface area contributed by atoms with Gasteiger partial charge in [-0.3, -0.25) is 9.59 Å². The van der Waals surface area contributed by atoms with E-state index < -0.39 is 5.82 Å². The van der Waals surface area contributed by atoms with Crippen molar-refractivity contribution in [3.8, 4) is 5.75 Å². The highest BCUT2D eigenvalue weighted by molar-refractivity contribution is 9.10. The lowest BCUT2D eigenvalue weighted by molar-refractivity contribution is 0.0743. The number of phenols is 1. The number of carbonyl (C=O) groups excluding carboxylic acids is 2. The van der Waals surface area contributed by atoms with Crippen molar-refractivity contribution in [2.24, 2.45) is 0 Å². The molecule has 1 N–H and O–H groups in total. The number of halogens is 2. The number of rotatable bonds is 3. The van der Waals surface area contributed by atoms with Crippen LogP contribution in [0.3, 0.4) is 0 Å². The van der Waals surface area contributed by atoms with Crippen LogP contribution in [0.15, 0.2) is 40.9 Å². The van der Waals surface area contributed by atoms with Crippen LogP contribution in [-0.2, 0) is 0 Å². The van der Waals surface area contributed by atoms with Gasteiger partial charge in [0.05, 0.1) is 11.3 Å². The Labute approximate surface area is 159 Å². The van der Waals surface area contributed by atoms with Crippen LogP contribution in [0.4, 0.5) is 10.1 Å². The molecule has 5 nitrogen and oxygen atoms in total.